The van der Waals surface area contributed by atoms with Crippen LogP contribution < -0.4 is 0 Å². The number of furan rings is 1. The van der Waals surface area contributed by atoms with Gasteiger partial charge >= 0.3 is 0 Å². The molecule has 3 aromatic rings. The molecule has 0 aliphatic carbocycles. The lowest BCUT2D eigenvalue weighted by Crippen LogP contribution is -2.24. The van der Waals surface area contributed by atoms with E-state index < -0.39 is 17.2 Å². The molecule has 0 radical (unpaired) electrons. The highest BCUT2D eigenvalue weighted by Crippen LogP contribution is 2.36. The molecule has 1 N–H and O–H groups in total. The molecule has 0 fully saturated rings. The monoisotopic (exact) mass is 308 g/mol. The van der Waals surface area contributed by atoms with Crippen LogP contribution in [0.15, 0.2) is 46.9 Å². The summed E-state index contributed by atoms with van der Waals surface area (Å²) in [6.07, 6.45) is 0. The highest BCUT2D eigenvalue weighted by atomic mass is 35.5. The Bertz CT molecular complexity index is 824. The maximum Gasteiger partial charge on any atom is 0.165 e. The molecule has 0 aliphatic rings. The smallest absolute Gasteiger partial charge is 0.165 e. The van der Waals surface area contributed by atoms with Crippen LogP contribution in [0.25, 0.3) is 11.0 Å². The topological polar surface area (TPSA) is 33.4 Å². The van der Waals surface area contributed by atoms with E-state index in [2.05, 4.69) is 0 Å². The maximum atomic E-state index is 13.9. The summed E-state index contributed by atoms with van der Waals surface area (Å²) in [5.41, 5.74) is -1.61. The van der Waals surface area contributed by atoms with Gasteiger partial charge in [0.15, 0.2) is 17.2 Å². The summed E-state index contributed by atoms with van der Waals surface area (Å²) >= 11 is 6.01. The molecule has 0 bridgehead atoms. The number of hydrogen-bond acceptors (Lipinski definition) is 2. The molecule has 21 heavy (non-hydrogen) atoms. The van der Waals surface area contributed by atoms with Crippen LogP contribution in [0.1, 0.15) is 18.2 Å². The van der Waals surface area contributed by atoms with Gasteiger partial charge in [0, 0.05) is 10.9 Å². The Morgan fingerprint density at radius 3 is 2.57 bits per heavy atom. The van der Waals surface area contributed by atoms with Crippen LogP contribution in [-0.4, -0.2) is 5.11 Å². The summed E-state index contributed by atoms with van der Waals surface area (Å²) < 4.78 is 32.8. The van der Waals surface area contributed by atoms with Crippen molar-refractivity contribution >= 4 is 22.6 Å². The number of para-hydroxylation sites is 1. The molecule has 5 heteroatoms. The Morgan fingerprint density at radius 2 is 1.86 bits per heavy atom. The molecule has 1 atom stereocenters. The standard InChI is InChI=1S/C16H11ClF2O2/c1-16(20,10-5-3-7-12(18)14(10)19)13-8-9-4-2-6-11(17)15(9)21-13/h2-8,20H,1H3. The van der Waals surface area contributed by atoms with Crippen molar-refractivity contribution in [1.29, 1.82) is 0 Å². The second-order valence-electron chi connectivity index (χ2n) is 4.94. The van der Waals surface area contributed by atoms with Crippen LogP contribution in [0.5, 0.6) is 0 Å². The minimum Gasteiger partial charge on any atom is -0.456 e. The van der Waals surface area contributed by atoms with Crippen molar-refractivity contribution in [2.24, 2.45) is 0 Å². The van der Waals surface area contributed by atoms with Crippen molar-refractivity contribution in [2.75, 3.05) is 0 Å². The molecule has 0 spiro atoms. The van der Waals surface area contributed by atoms with Crippen molar-refractivity contribution in [2.45, 2.75) is 12.5 Å². The van der Waals surface area contributed by atoms with E-state index in [0.29, 0.717) is 16.0 Å². The zero-order valence-corrected chi connectivity index (χ0v) is 11.8. The van der Waals surface area contributed by atoms with Crippen LogP contribution in [0.4, 0.5) is 8.78 Å². The predicted molar refractivity (Wildman–Crippen MR) is 76.3 cm³/mol. The van der Waals surface area contributed by atoms with E-state index in [1.54, 1.807) is 24.3 Å². The number of benzene rings is 2. The van der Waals surface area contributed by atoms with Gasteiger partial charge in [0.25, 0.3) is 0 Å². The van der Waals surface area contributed by atoms with Gasteiger partial charge in [-0.25, -0.2) is 8.78 Å². The molecular weight excluding hydrogens is 298 g/mol. The van der Waals surface area contributed by atoms with Gasteiger partial charge in [-0.1, -0.05) is 35.9 Å². The summed E-state index contributed by atoms with van der Waals surface area (Å²) in [5.74, 6) is -2.04. The van der Waals surface area contributed by atoms with Gasteiger partial charge in [-0.15, -0.1) is 0 Å². The second-order valence-corrected chi connectivity index (χ2v) is 5.35. The molecule has 3 rings (SSSR count). The molecule has 1 heterocycles. The molecule has 2 aromatic carbocycles. The van der Waals surface area contributed by atoms with Gasteiger partial charge in [0.2, 0.25) is 0 Å². The van der Waals surface area contributed by atoms with Gasteiger partial charge in [-0.05, 0) is 25.1 Å². The summed E-state index contributed by atoms with van der Waals surface area (Å²) in [5, 5.41) is 11.7. The third-order valence-electron chi connectivity index (χ3n) is 3.45. The first-order valence-corrected chi connectivity index (χ1v) is 6.64. The summed E-state index contributed by atoms with van der Waals surface area (Å²) in [6, 6.07) is 10.3. The van der Waals surface area contributed by atoms with Crippen molar-refractivity contribution < 1.29 is 18.3 Å². The molecule has 1 aromatic heterocycles. The van der Waals surface area contributed by atoms with Gasteiger partial charge in [0.05, 0.1) is 5.02 Å². The van der Waals surface area contributed by atoms with E-state index >= 15 is 0 Å². The first kappa shape index (κ1) is 14.0. The van der Waals surface area contributed by atoms with Crippen molar-refractivity contribution in [3.63, 3.8) is 0 Å². The minimum absolute atomic E-state index is 0.0927. The Kier molecular flexibility index (Phi) is 3.23. The number of fused-ring (bicyclic) bond motifs is 1. The molecule has 108 valence electrons. The molecule has 0 amide bonds. The largest absolute Gasteiger partial charge is 0.456 e. The number of halogens is 3. The Hall–Kier alpha value is -1.91. The average Bonchev–Trinajstić information content (AvgIpc) is 2.88. The van der Waals surface area contributed by atoms with Crippen molar-refractivity contribution in [3.05, 3.63) is 70.4 Å². The van der Waals surface area contributed by atoms with Crippen molar-refractivity contribution in [1.82, 2.24) is 0 Å². The maximum absolute atomic E-state index is 13.9. The lowest BCUT2D eigenvalue weighted by atomic mass is 9.92. The molecule has 1 unspecified atom stereocenters. The molecular formula is C16H11ClF2O2. The van der Waals surface area contributed by atoms with E-state index in [9.17, 15) is 13.9 Å². The molecule has 0 saturated carbocycles. The van der Waals surface area contributed by atoms with Crippen LogP contribution in [-0.2, 0) is 5.60 Å². The highest BCUT2D eigenvalue weighted by Gasteiger charge is 2.33. The average molecular weight is 309 g/mol. The number of hydrogen-bond donors (Lipinski definition) is 1. The Balaban J connectivity index is 2.20. The highest BCUT2D eigenvalue weighted by molar-refractivity contribution is 6.34. The zero-order valence-electron chi connectivity index (χ0n) is 11.0. The summed E-state index contributed by atoms with van der Waals surface area (Å²) in [4.78, 5) is 0. The van der Waals surface area contributed by atoms with Gasteiger partial charge in [0.1, 0.15) is 11.4 Å². The fourth-order valence-corrected chi connectivity index (χ4v) is 2.50. The minimum atomic E-state index is -1.81. The van der Waals surface area contributed by atoms with Gasteiger partial charge < -0.3 is 9.52 Å². The fraction of sp³-hybridized carbons (Fsp3) is 0.125. The quantitative estimate of drug-likeness (QED) is 0.749. The van der Waals surface area contributed by atoms with Gasteiger partial charge in [-0.2, -0.15) is 0 Å². The first-order valence-electron chi connectivity index (χ1n) is 6.26. The van der Waals surface area contributed by atoms with Crippen molar-refractivity contribution in [3.8, 4) is 0 Å². The zero-order chi connectivity index (χ0) is 15.2. The van der Waals surface area contributed by atoms with E-state index in [4.69, 9.17) is 16.0 Å². The second kappa shape index (κ2) is 4.83. The van der Waals surface area contributed by atoms with Crippen LogP contribution in [0.3, 0.4) is 0 Å². The summed E-state index contributed by atoms with van der Waals surface area (Å²) in [6.45, 7) is 1.34. The van der Waals surface area contributed by atoms with E-state index in [-0.39, 0.29) is 11.3 Å². The normalized spacial score (nSPS) is 14.3. The van der Waals surface area contributed by atoms with Crippen LogP contribution in [0, 0.1) is 11.6 Å². The Morgan fingerprint density at radius 1 is 1.14 bits per heavy atom. The van der Waals surface area contributed by atoms with E-state index in [1.165, 1.54) is 19.1 Å². The van der Waals surface area contributed by atoms with Gasteiger partial charge in [-0.3, -0.25) is 0 Å². The third-order valence-corrected chi connectivity index (χ3v) is 3.75. The fourth-order valence-electron chi connectivity index (χ4n) is 2.28. The summed E-state index contributed by atoms with van der Waals surface area (Å²) in [7, 11) is 0. The lowest BCUT2D eigenvalue weighted by molar-refractivity contribution is 0.0740. The SMILES string of the molecule is CC(O)(c1cc2cccc(Cl)c2o1)c1cccc(F)c1F. The van der Waals surface area contributed by atoms with E-state index in [0.717, 1.165) is 6.07 Å². The van der Waals surface area contributed by atoms with Crippen LogP contribution >= 0.6 is 11.6 Å². The Labute approximate surface area is 124 Å². The molecule has 2 nitrogen and oxygen atoms in total. The predicted octanol–water partition coefficient (Wildman–Crippen LogP) is 4.62. The van der Waals surface area contributed by atoms with E-state index in [1.807, 2.05) is 0 Å². The first-order chi connectivity index (χ1) is 9.91. The van der Waals surface area contributed by atoms with Crippen LogP contribution in [0.2, 0.25) is 5.02 Å². The lowest BCUT2D eigenvalue weighted by Gasteiger charge is -2.21. The number of aliphatic hydroxyl groups is 1. The third kappa shape index (κ3) is 2.20. The number of rotatable bonds is 2. The molecule has 0 saturated heterocycles. The molecule has 0 aliphatic heterocycles.